The number of anilines is 1. The van der Waals surface area contributed by atoms with E-state index in [9.17, 15) is 4.79 Å². The van der Waals surface area contributed by atoms with Crippen LogP contribution in [0, 0.1) is 0 Å². The number of carbonyl (C=O) groups is 1. The number of hydrogen-bond donors (Lipinski definition) is 2. The van der Waals surface area contributed by atoms with E-state index in [-0.39, 0.29) is 5.91 Å². The molecule has 1 fully saturated rings. The van der Waals surface area contributed by atoms with Crippen LogP contribution < -0.4 is 11.1 Å². The summed E-state index contributed by atoms with van der Waals surface area (Å²) < 4.78 is 0.748. The van der Waals surface area contributed by atoms with Gasteiger partial charge in [0.1, 0.15) is 12.1 Å². The summed E-state index contributed by atoms with van der Waals surface area (Å²) in [5, 5.41) is 6.00. The smallest absolute Gasteiger partial charge is 0.236 e. The Morgan fingerprint density at radius 2 is 2.25 bits per heavy atom. The largest absolute Gasteiger partial charge is 0.383 e. The van der Waals surface area contributed by atoms with Gasteiger partial charge in [0.2, 0.25) is 5.91 Å². The molecule has 0 saturated carbocycles. The molecular weight excluding hydrogens is 394 g/mol. The van der Waals surface area contributed by atoms with Gasteiger partial charge in [0, 0.05) is 25.0 Å². The van der Waals surface area contributed by atoms with Crippen LogP contribution in [0.1, 0.15) is 11.1 Å². The van der Waals surface area contributed by atoms with E-state index in [1.54, 1.807) is 0 Å². The first-order valence-corrected chi connectivity index (χ1v) is 10.3. The molecule has 0 unspecified atom stereocenters. The maximum absolute atomic E-state index is 12.1. The van der Waals surface area contributed by atoms with Crippen molar-refractivity contribution in [1.82, 2.24) is 20.2 Å². The molecule has 6 nitrogen and oxygen atoms in total. The van der Waals surface area contributed by atoms with Crippen molar-refractivity contribution in [2.45, 2.75) is 6.42 Å². The fraction of sp³-hybridized carbons (Fsp3) is 0.250. The summed E-state index contributed by atoms with van der Waals surface area (Å²) in [6.45, 7) is 2.54. The van der Waals surface area contributed by atoms with Crippen LogP contribution in [0.2, 0.25) is 4.34 Å². The predicted molar refractivity (Wildman–Crippen MR) is 114 cm³/mol. The monoisotopic (exact) mass is 413 g/mol. The van der Waals surface area contributed by atoms with Crippen LogP contribution in [-0.4, -0.2) is 47.0 Å². The molecule has 3 heterocycles. The first-order valence-electron chi connectivity index (χ1n) is 9.01. The minimum atomic E-state index is 0.128. The van der Waals surface area contributed by atoms with Crippen LogP contribution in [0.3, 0.4) is 0 Å². The van der Waals surface area contributed by atoms with Crippen molar-refractivity contribution in [1.29, 1.82) is 0 Å². The highest BCUT2D eigenvalue weighted by Crippen LogP contribution is 2.29. The van der Waals surface area contributed by atoms with Crippen LogP contribution in [0.5, 0.6) is 0 Å². The number of thiophene rings is 1. The van der Waals surface area contributed by atoms with Crippen molar-refractivity contribution in [3.8, 4) is 0 Å². The maximum Gasteiger partial charge on any atom is 0.236 e. The van der Waals surface area contributed by atoms with Crippen LogP contribution in [0.25, 0.3) is 16.5 Å². The average Bonchev–Trinajstić information content (AvgIpc) is 3.12. The number of hydrogen-bond acceptors (Lipinski definition) is 6. The molecule has 144 valence electrons. The van der Waals surface area contributed by atoms with Gasteiger partial charge in [-0.25, -0.2) is 9.97 Å². The second kappa shape index (κ2) is 8.26. The molecule has 1 aliphatic heterocycles. The molecule has 3 N–H and O–H groups in total. The number of nitrogens with zero attached hydrogens (tertiary/aromatic N) is 3. The fourth-order valence-corrected chi connectivity index (χ4v) is 4.19. The molecule has 0 spiro atoms. The Morgan fingerprint density at radius 3 is 3.04 bits per heavy atom. The first-order chi connectivity index (χ1) is 13.6. The second-order valence-corrected chi connectivity index (χ2v) is 8.22. The van der Waals surface area contributed by atoms with Crippen molar-refractivity contribution >= 4 is 51.1 Å². The molecule has 4 rings (SSSR count). The molecule has 0 radical (unpaired) electrons. The van der Waals surface area contributed by atoms with E-state index in [1.165, 1.54) is 17.7 Å². The standard InChI is InChI=1S/C20H20ClN5OS/c21-18-9-15(11-28-18)14(3-5-26-6-4-23-10-19(26)27)7-13-1-2-16-17(8-13)24-12-25-20(16)22/h1-3,8-9,11-12,23H,4-7,10H2,(H2,22,24,25). The Morgan fingerprint density at radius 1 is 1.36 bits per heavy atom. The van der Waals surface area contributed by atoms with Crippen molar-refractivity contribution in [2.75, 3.05) is 31.9 Å². The van der Waals surface area contributed by atoms with E-state index in [0.29, 0.717) is 25.3 Å². The molecule has 0 atom stereocenters. The van der Waals surface area contributed by atoms with E-state index in [4.69, 9.17) is 17.3 Å². The Balaban J connectivity index is 1.62. The third-order valence-electron chi connectivity index (χ3n) is 4.81. The highest BCUT2D eigenvalue weighted by molar-refractivity contribution is 7.14. The summed E-state index contributed by atoms with van der Waals surface area (Å²) in [5.41, 5.74) is 10.1. The maximum atomic E-state index is 12.1. The van der Waals surface area contributed by atoms with Crippen molar-refractivity contribution < 1.29 is 4.79 Å². The number of fused-ring (bicyclic) bond motifs is 1. The molecule has 1 aliphatic rings. The zero-order valence-electron chi connectivity index (χ0n) is 15.2. The number of rotatable bonds is 5. The van der Waals surface area contributed by atoms with Crippen molar-refractivity contribution in [3.63, 3.8) is 0 Å². The van der Waals surface area contributed by atoms with Gasteiger partial charge in [-0.3, -0.25) is 4.79 Å². The number of amides is 1. The highest BCUT2D eigenvalue weighted by atomic mass is 35.5. The first kappa shape index (κ1) is 18.9. The number of halogens is 1. The van der Waals surface area contributed by atoms with E-state index in [0.717, 1.165) is 45.0 Å². The lowest BCUT2D eigenvalue weighted by atomic mass is 9.99. The molecule has 1 aromatic carbocycles. The Hall–Kier alpha value is -2.48. The van der Waals surface area contributed by atoms with E-state index < -0.39 is 0 Å². The van der Waals surface area contributed by atoms with Gasteiger partial charge in [0.05, 0.1) is 16.4 Å². The average molecular weight is 414 g/mol. The molecule has 28 heavy (non-hydrogen) atoms. The lowest BCUT2D eigenvalue weighted by molar-refractivity contribution is -0.131. The normalized spacial score (nSPS) is 15.4. The summed E-state index contributed by atoms with van der Waals surface area (Å²) in [5.74, 6) is 0.609. The predicted octanol–water partition coefficient (Wildman–Crippen LogP) is 2.98. The zero-order valence-corrected chi connectivity index (χ0v) is 16.8. The molecule has 0 aliphatic carbocycles. The molecular formula is C20H20ClN5OS. The number of nitrogens with one attached hydrogen (secondary N) is 1. The molecule has 0 bridgehead atoms. The molecule has 1 amide bonds. The minimum absolute atomic E-state index is 0.128. The summed E-state index contributed by atoms with van der Waals surface area (Å²) in [6, 6.07) is 8.00. The van der Waals surface area contributed by atoms with Gasteiger partial charge in [-0.05, 0) is 46.7 Å². The Labute approximate surface area is 172 Å². The van der Waals surface area contributed by atoms with E-state index in [1.807, 2.05) is 29.2 Å². The lowest BCUT2D eigenvalue weighted by Gasteiger charge is -2.26. The number of piperazine rings is 1. The van der Waals surface area contributed by atoms with Crippen LogP contribution >= 0.6 is 22.9 Å². The number of allylic oxidation sites excluding steroid dienone is 1. The Kier molecular flexibility index (Phi) is 5.57. The van der Waals surface area contributed by atoms with Gasteiger partial charge in [-0.2, -0.15) is 0 Å². The summed E-state index contributed by atoms with van der Waals surface area (Å²) in [7, 11) is 0. The van der Waals surface area contributed by atoms with Gasteiger partial charge in [-0.15, -0.1) is 11.3 Å². The van der Waals surface area contributed by atoms with Gasteiger partial charge in [0.15, 0.2) is 0 Å². The van der Waals surface area contributed by atoms with Crippen LogP contribution in [-0.2, 0) is 11.2 Å². The van der Waals surface area contributed by atoms with Gasteiger partial charge < -0.3 is 16.0 Å². The molecule has 8 heteroatoms. The Bertz CT molecular complexity index is 1050. The molecule has 3 aromatic rings. The summed E-state index contributed by atoms with van der Waals surface area (Å²) in [6.07, 6.45) is 4.32. The zero-order chi connectivity index (χ0) is 19.5. The SMILES string of the molecule is Nc1ncnc2cc(CC(=CCN3CCNCC3=O)c3csc(Cl)c3)ccc12. The quantitative estimate of drug-likeness (QED) is 0.671. The van der Waals surface area contributed by atoms with Gasteiger partial charge in [-0.1, -0.05) is 23.7 Å². The number of nitrogens with two attached hydrogens (primary N) is 1. The minimum Gasteiger partial charge on any atom is -0.383 e. The fourth-order valence-electron chi connectivity index (χ4n) is 3.28. The number of benzene rings is 1. The third kappa shape index (κ3) is 4.16. The third-order valence-corrected chi connectivity index (χ3v) is 5.90. The molecule has 2 aromatic heterocycles. The lowest BCUT2D eigenvalue weighted by Crippen LogP contribution is -2.47. The number of aromatic nitrogens is 2. The van der Waals surface area contributed by atoms with Crippen LogP contribution in [0.4, 0.5) is 5.82 Å². The van der Waals surface area contributed by atoms with Crippen molar-refractivity contribution in [3.05, 3.63) is 57.5 Å². The van der Waals surface area contributed by atoms with Crippen LogP contribution in [0.15, 0.2) is 42.0 Å². The second-order valence-electron chi connectivity index (χ2n) is 6.67. The highest BCUT2D eigenvalue weighted by Gasteiger charge is 2.17. The van der Waals surface area contributed by atoms with Crippen molar-refractivity contribution in [2.24, 2.45) is 0 Å². The number of carbonyl (C=O) groups excluding carboxylic acids is 1. The van der Waals surface area contributed by atoms with Gasteiger partial charge >= 0.3 is 0 Å². The topological polar surface area (TPSA) is 84.1 Å². The summed E-state index contributed by atoms with van der Waals surface area (Å²) >= 11 is 7.67. The van der Waals surface area contributed by atoms with E-state index in [2.05, 4.69) is 26.7 Å². The number of nitrogen functional groups attached to an aromatic ring is 1. The van der Waals surface area contributed by atoms with E-state index >= 15 is 0 Å². The van der Waals surface area contributed by atoms with Gasteiger partial charge in [0.25, 0.3) is 0 Å². The molecule has 1 saturated heterocycles. The summed E-state index contributed by atoms with van der Waals surface area (Å²) in [4.78, 5) is 22.3.